The van der Waals surface area contributed by atoms with Crippen LogP contribution in [0, 0.1) is 5.82 Å². The summed E-state index contributed by atoms with van der Waals surface area (Å²) in [4.78, 5) is 0. The van der Waals surface area contributed by atoms with Crippen molar-refractivity contribution in [2.75, 3.05) is 11.8 Å². The topological polar surface area (TPSA) is 0 Å². The minimum absolute atomic E-state index is 0.219. The molecule has 0 unspecified atom stereocenters. The molecule has 0 heterocycles. The van der Waals surface area contributed by atoms with Crippen LogP contribution < -0.4 is 0 Å². The first-order valence-electron chi connectivity index (χ1n) is 7.06. The van der Waals surface area contributed by atoms with E-state index in [1.807, 2.05) is 6.07 Å². The third-order valence-electron chi connectivity index (χ3n) is 3.71. The monoisotopic (exact) mass is 304 g/mol. The van der Waals surface area contributed by atoms with Crippen molar-refractivity contribution in [3.8, 4) is 0 Å². The molecule has 1 aromatic rings. The lowest BCUT2D eigenvalue weighted by molar-refractivity contribution is 0.451. The predicted octanol–water partition coefficient (Wildman–Crippen LogP) is 5.90. The van der Waals surface area contributed by atoms with Crippen molar-refractivity contribution in [1.82, 2.24) is 0 Å². The van der Waals surface area contributed by atoms with Gasteiger partial charge in [0.05, 0.1) is 0 Å². The number of hydrogen-bond donors (Lipinski definition) is 0. The first-order chi connectivity index (χ1) is 9.18. The number of alkyl halides is 2. The fourth-order valence-electron chi connectivity index (χ4n) is 2.35. The van der Waals surface area contributed by atoms with Crippen molar-refractivity contribution in [3.05, 3.63) is 35.6 Å². The van der Waals surface area contributed by atoms with Crippen LogP contribution in [0.3, 0.4) is 0 Å². The van der Waals surface area contributed by atoms with Gasteiger partial charge in [0.2, 0.25) is 0 Å². The Labute approximate surface area is 126 Å². The molecule has 0 bridgehead atoms. The molecule has 0 aliphatic carbocycles. The highest BCUT2D eigenvalue weighted by Gasteiger charge is 2.30. The number of hydrogen-bond acceptors (Lipinski definition) is 0. The molecule has 0 nitrogen and oxygen atoms in total. The fourth-order valence-corrected chi connectivity index (χ4v) is 3.21. The molecule has 0 atom stereocenters. The van der Waals surface area contributed by atoms with Crippen LogP contribution >= 0.6 is 23.2 Å². The van der Waals surface area contributed by atoms with Gasteiger partial charge in [-0.3, -0.25) is 0 Å². The minimum Gasteiger partial charge on any atom is -0.207 e. The molecule has 1 aromatic carbocycles. The zero-order chi connectivity index (χ0) is 14.1. The van der Waals surface area contributed by atoms with Crippen LogP contribution in [0.25, 0.3) is 0 Å². The van der Waals surface area contributed by atoms with Gasteiger partial charge < -0.3 is 0 Å². The molecule has 0 spiro atoms. The van der Waals surface area contributed by atoms with Crippen molar-refractivity contribution in [3.63, 3.8) is 0 Å². The van der Waals surface area contributed by atoms with Crippen LogP contribution in [0.15, 0.2) is 24.3 Å². The Balaban J connectivity index is 2.68. The van der Waals surface area contributed by atoms with E-state index in [9.17, 15) is 4.39 Å². The summed E-state index contributed by atoms with van der Waals surface area (Å²) in [5, 5.41) is 0. The molecule has 19 heavy (non-hydrogen) atoms. The molecule has 0 N–H and O–H groups in total. The zero-order valence-corrected chi connectivity index (χ0v) is 13.1. The van der Waals surface area contributed by atoms with Crippen LogP contribution in [0.1, 0.15) is 51.0 Å². The van der Waals surface area contributed by atoms with E-state index in [0.29, 0.717) is 11.8 Å². The maximum absolute atomic E-state index is 13.4. The van der Waals surface area contributed by atoms with Gasteiger partial charge in [-0.15, -0.1) is 23.2 Å². The van der Waals surface area contributed by atoms with Crippen molar-refractivity contribution >= 4 is 23.2 Å². The molecule has 0 aliphatic heterocycles. The Morgan fingerprint density at radius 1 is 1.05 bits per heavy atom. The molecular formula is C16H23Cl2F. The normalized spacial score (nSPS) is 11.8. The van der Waals surface area contributed by atoms with Crippen molar-refractivity contribution in [2.45, 2.75) is 50.9 Å². The summed E-state index contributed by atoms with van der Waals surface area (Å²) in [6.07, 6.45) is 6.97. The molecule has 0 aliphatic rings. The quantitative estimate of drug-likeness (QED) is 0.393. The molecule has 0 fully saturated rings. The minimum atomic E-state index is -0.294. The van der Waals surface area contributed by atoms with E-state index < -0.39 is 0 Å². The number of unbranched alkanes of at least 4 members (excludes halogenated alkanes) is 4. The van der Waals surface area contributed by atoms with Crippen LogP contribution in [0.4, 0.5) is 4.39 Å². The van der Waals surface area contributed by atoms with Crippen LogP contribution in [0.2, 0.25) is 0 Å². The second kappa shape index (κ2) is 8.81. The summed E-state index contributed by atoms with van der Waals surface area (Å²) in [5.41, 5.74) is 0.630. The van der Waals surface area contributed by atoms with E-state index in [2.05, 4.69) is 6.92 Å². The van der Waals surface area contributed by atoms with Crippen molar-refractivity contribution < 1.29 is 4.39 Å². The van der Waals surface area contributed by atoms with E-state index in [1.165, 1.54) is 31.7 Å². The highest BCUT2D eigenvalue weighted by Crippen LogP contribution is 2.33. The Morgan fingerprint density at radius 3 is 2.32 bits per heavy atom. The van der Waals surface area contributed by atoms with Crippen molar-refractivity contribution in [1.29, 1.82) is 0 Å². The lowest BCUT2D eigenvalue weighted by atomic mass is 9.79. The molecule has 0 amide bonds. The SMILES string of the molecule is CCCCCCCC(CCl)(CCl)c1cccc(F)c1. The first kappa shape index (κ1) is 16.8. The van der Waals surface area contributed by atoms with Gasteiger partial charge in [-0.05, 0) is 24.1 Å². The van der Waals surface area contributed by atoms with E-state index in [1.54, 1.807) is 12.1 Å². The van der Waals surface area contributed by atoms with Gasteiger partial charge in [-0.25, -0.2) is 4.39 Å². The van der Waals surface area contributed by atoms with Crippen molar-refractivity contribution in [2.24, 2.45) is 0 Å². The second-order valence-electron chi connectivity index (χ2n) is 5.22. The second-order valence-corrected chi connectivity index (χ2v) is 5.76. The van der Waals surface area contributed by atoms with Gasteiger partial charge in [0, 0.05) is 17.2 Å². The lowest BCUT2D eigenvalue weighted by Crippen LogP contribution is -2.30. The van der Waals surface area contributed by atoms with Gasteiger partial charge >= 0.3 is 0 Å². The first-order valence-corrected chi connectivity index (χ1v) is 8.13. The summed E-state index contributed by atoms with van der Waals surface area (Å²) in [7, 11) is 0. The van der Waals surface area contributed by atoms with Gasteiger partial charge in [-0.2, -0.15) is 0 Å². The summed E-state index contributed by atoms with van der Waals surface area (Å²) in [6.45, 7) is 2.20. The largest absolute Gasteiger partial charge is 0.207 e. The maximum Gasteiger partial charge on any atom is 0.123 e. The average molecular weight is 305 g/mol. The number of halogens is 3. The Morgan fingerprint density at radius 2 is 1.74 bits per heavy atom. The zero-order valence-electron chi connectivity index (χ0n) is 11.6. The van der Waals surface area contributed by atoms with Gasteiger partial charge in [0.25, 0.3) is 0 Å². The molecule has 1 rings (SSSR count). The third kappa shape index (κ3) is 4.96. The van der Waals surface area contributed by atoms with Crippen LogP contribution in [-0.4, -0.2) is 11.8 Å². The number of rotatable bonds is 9. The van der Waals surface area contributed by atoms with Gasteiger partial charge in [0.15, 0.2) is 0 Å². The van der Waals surface area contributed by atoms with Gasteiger partial charge in [-0.1, -0.05) is 51.2 Å². The van der Waals surface area contributed by atoms with E-state index >= 15 is 0 Å². The summed E-state index contributed by atoms with van der Waals surface area (Å²) < 4.78 is 13.4. The summed E-state index contributed by atoms with van der Waals surface area (Å²) in [5.74, 6) is 0.657. The van der Waals surface area contributed by atoms with Gasteiger partial charge in [0.1, 0.15) is 5.82 Å². The average Bonchev–Trinajstić information content (AvgIpc) is 2.43. The standard InChI is InChI=1S/C16H23Cl2F/c1-2-3-4-5-6-10-16(12-17,13-18)14-8-7-9-15(19)11-14/h7-9,11H,2-6,10,12-13H2,1H3. The van der Waals surface area contributed by atoms with Crippen LogP contribution in [-0.2, 0) is 5.41 Å². The molecule has 0 saturated heterocycles. The van der Waals surface area contributed by atoms with Crippen LogP contribution in [0.5, 0.6) is 0 Å². The summed E-state index contributed by atoms with van der Waals surface area (Å²) >= 11 is 12.3. The molecule has 3 heteroatoms. The Bertz CT molecular complexity index is 362. The third-order valence-corrected chi connectivity index (χ3v) is 4.73. The lowest BCUT2D eigenvalue weighted by Gasteiger charge is -2.30. The smallest absolute Gasteiger partial charge is 0.123 e. The molecule has 108 valence electrons. The molecular weight excluding hydrogens is 282 g/mol. The Kier molecular flexibility index (Phi) is 7.78. The Hall–Kier alpha value is -0.270. The maximum atomic E-state index is 13.4. The number of benzene rings is 1. The molecule has 0 radical (unpaired) electrons. The highest BCUT2D eigenvalue weighted by molar-refractivity contribution is 6.22. The van der Waals surface area contributed by atoms with E-state index in [0.717, 1.165) is 18.4 Å². The highest BCUT2D eigenvalue weighted by atomic mass is 35.5. The predicted molar refractivity (Wildman–Crippen MR) is 82.9 cm³/mol. The molecule has 0 saturated carbocycles. The van der Waals surface area contributed by atoms with E-state index in [4.69, 9.17) is 23.2 Å². The fraction of sp³-hybridized carbons (Fsp3) is 0.625. The van der Waals surface area contributed by atoms with E-state index in [-0.39, 0.29) is 11.2 Å². The molecule has 0 aromatic heterocycles. The summed E-state index contributed by atoms with van der Waals surface area (Å²) in [6, 6.07) is 6.68.